The van der Waals surface area contributed by atoms with E-state index >= 15 is 0 Å². The number of likely N-dealkylation sites (tertiary alicyclic amines) is 1. The lowest BCUT2D eigenvalue weighted by atomic mass is 9.91. The summed E-state index contributed by atoms with van der Waals surface area (Å²) in [5, 5.41) is 15.3. The summed E-state index contributed by atoms with van der Waals surface area (Å²) in [6, 6.07) is 15.9. The minimum absolute atomic E-state index is 0.405. The highest BCUT2D eigenvalue weighted by Crippen LogP contribution is 2.44. The van der Waals surface area contributed by atoms with Gasteiger partial charge in [-0.3, -0.25) is 0 Å². The van der Waals surface area contributed by atoms with E-state index in [1.54, 1.807) is 0 Å². The number of nitrogens with zero attached hydrogens (tertiary/aromatic N) is 2. The molecule has 1 unspecified atom stereocenters. The van der Waals surface area contributed by atoms with Gasteiger partial charge in [0.05, 0.1) is 27.2 Å². The summed E-state index contributed by atoms with van der Waals surface area (Å²) < 4.78 is 7.01. The number of hydrogen-bond acceptors (Lipinski definition) is 7. The molecular formula is C32H37ClN4O3S. The molecule has 0 radical (unpaired) electrons. The number of fused-ring (bicyclic) bond motifs is 1. The summed E-state index contributed by atoms with van der Waals surface area (Å²) >= 11 is 7.74. The maximum atomic E-state index is 12.6. The molecular weight excluding hydrogens is 556 g/mol. The Balaban J connectivity index is 1.60. The molecule has 7 nitrogen and oxygen atoms in total. The third-order valence-electron chi connectivity index (χ3n) is 7.40. The number of nitrogen functional groups attached to an aromatic ring is 1. The highest BCUT2D eigenvalue weighted by atomic mass is 35.5. The van der Waals surface area contributed by atoms with E-state index in [9.17, 15) is 9.90 Å². The van der Waals surface area contributed by atoms with E-state index < -0.39 is 17.7 Å². The minimum Gasteiger partial charge on any atom is -0.479 e. The highest BCUT2D eigenvalue weighted by molar-refractivity contribution is 7.22. The Hall–Kier alpha value is -3.17. The van der Waals surface area contributed by atoms with Crippen molar-refractivity contribution in [1.82, 2.24) is 9.88 Å². The van der Waals surface area contributed by atoms with Gasteiger partial charge in [-0.2, -0.15) is 0 Å². The number of halogens is 1. The SMILES string of the molecule is Cc1cc2nc(-c3ccc(NC4CCN(C)CC4)c(N)c3)sc2c(-c2ccc(Cl)cc2)c1C(OC(C)(C)C)C(=O)O. The highest BCUT2D eigenvalue weighted by Gasteiger charge is 2.32. The van der Waals surface area contributed by atoms with Gasteiger partial charge in [-0.1, -0.05) is 23.7 Å². The van der Waals surface area contributed by atoms with Crippen LogP contribution in [0.3, 0.4) is 0 Å². The van der Waals surface area contributed by atoms with Crippen molar-refractivity contribution in [2.45, 2.75) is 58.3 Å². The van der Waals surface area contributed by atoms with Crippen molar-refractivity contribution in [3.8, 4) is 21.7 Å². The van der Waals surface area contributed by atoms with Gasteiger partial charge in [0.25, 0.3) is 0 Å². The van der Waals surface area contributed by atoms with Crippen LogP contribution in [0, 0.1) is 6.92 Å². The van der Waals surface area contributed by atoms with Crippen molar-refractivity contribution in [2.75, 3.05) is 31.2 Å². The smallest absolute Gasteiger partial charge is 0.337 e. The molecule has 1 saturated heterocycles. The van der Waals surface area contributed by atoms with Crippen LogP contribution in [0.1, 0.15) is 50.8 Å². The molecule has 9 heteroatoms. The Bertz CT molecular complexity index is 1570. The van der Waals surface area contributed by atoms with Crippen LogP contribution in [0.4, 0.5) is 11.4 Å². The predicted molar refractivity (Wildman–Crippen MR) is 170 cm³/mol. The third-order valence-corrected chi connectivity index (χ3v) is 8.79. The lowest BCUT2D eigenvalue weighted by Crippen LogP contribution is -2.36. The largest absolute Gasteiger partial charge is 0.479 e. The Morgan fingerprint density at radius 2 is 1.80 bits per heavy atom. The van der Waals surface area contributed by atoms with Crippen molar-refractivity contribution in [1.29, 1.82) is 0 Å². The third kappa shape index (κ3) is 6.51. The van der Waals surface area contributed by atoms with E-state index in [-0.39, 0.29) is 0 Å². The van der Waals surface area contributed by atoms with Gasteiger partial charge in [-0.05, 0) is 108 Å². The summed E-state index contributed by atoms with van der Waals surface area (Å²) in [4.78, 5) is 19.9. The van der Waals surface area contributed by atoms with Gasteiger partial charge in [0.2, 0.25) is 0 Å². The zero-order valence-corrected chi connectivity index (χ0v) is 25.7. The Morgan fingerprint density at radius 3 is 2.41 bits per heavy atom. The van der Waals surface area contributed by atoms with Gasteiger partial charge >= 0.3 is 5.97 Å². The van der Waals surface area contributed by atoms with E-state index in [4.69, 9.17) is 27.1 Å². The van der Waals surface area contributed by atoms with Gasteiger partial charge in [-0.25, -0.2) is 9.78 Å². The molecule has 0 spiro atoms. The van der Waals surface area contributed by atoms with Crippen LogP contribution in [-0.2, 0) is 9.53 Å². The first-order chi connectivity index (χ1) is 19.4. The van der Waals surface area contributed by atoms with Crippen molar-refractivity contribution in [2.24, 2.45) is 0 Å². The normalized spacial score (nSPS) is 15.8. The molecule has 0 bridgehead atoms. The van der Waals surface area contributed by atoms with Gasteiger partial charge in [0, 0.05) is 27.8 Å². The number of carboxylic acids is 1. The number of anilines is 2. The van der Waals surface area contributed by atoms with E-state index in [0.29, 0.717) is 22.3 Å². The molecule has 2 heterocycles. The maximum absolute atomic E-state index is 12.6. The topological polar surface area (TPSA) is 101 Å². The number of rotatable bonds is 7. The van der Waals surface area contributed by atoms with Gasteiger partial charge in [-0.15, -0.1) is 11.3 Å². The number of carbonyl (C=O) groups is 1. The number of aromatic nitrogens is 1. The van der Waals surface area contributed by atoms with Crippen LogP contribution in [0.15, 0.2) is 48.5 Å². The number of aryl methyl sites for hydroxylation is 1. The molecule has 4 aromatic rings. The van der Waals surface area contributed by atoms with E-state index in [0.717, 1.165) is 69.1 Å². The minimum atomic E-state index is -1.16. The fourth-order valence-corrected chi connectivity index (χ4v) is 6.61. The lowest BCUT2D eigenvalue weighted by Gasteiger charge is -2.30. The fourth-order valence-electron chi connectivity index (χ4n) is 5.36. The molecule has 0 amide bonds. The van der Waals surface area contributed by atoms with Gasteiger partial charge in [0.1, 0.15) is 5.01 Å². The molecule has 1 atom stereocenters. The summed E-state index contributed by atoms with van der Waals surface area (Å²) in [6.45, 7) is 9.64. The van der Waals surface area contributed by atoms with Crippen LogP contribution in [0.5, 0.6) is 0 Å². The number of nitrogens with two attached hydrogens (primary N) is 1. The van der Waals surface area contributed by atoms with Crippen molar-refractivity contribution < 1.29 is 14.6 Å². The number of piperidine rings is 1. The van der Waals surface area contributed by atoms with Crippen LogP contribution >= 0.6 is 22.9 Å². The Morgan fingerprint density at radius 1 is 1.15 bits per heavy atom. The molecule has 5 rings (SSSR count). The average molecular weight is 593 g/mol. The van der Waals surface area contributed by atoms with Gasteiger partial charge < -0.3 is 25.8 Å². The number of hydrogen-bond donors (Lipinski definition) is 3. The first-order valence-corrected chi connectivity index (χ1v) is 15.0. The maximum Gasteiger partial charge on any atom is 0.337 e. The van der Waals surface area contributed by atoms with Gasteiger partial charge in [0.15, 0.2) is 6.10 Å². The second-order valence-corrected chi connectivity index (χ2v) is 13.3. The number of nitrogens with one attached hydrogen (secondary N) is 1. The summed E-state index contributed by atoms with van der Waals surface area (Å²) in [7, 11) is 2.15. The number of benzene rings is 3. The Kier molecular flexibility index (Phi) is 8.30. The van der Waals surface area contributed by atoms with E-state index in [1.807, 2.05) is 76.2 Å². The molecule has 1 aliphatic heterocycles. The number of aliphatic carboxylic acids is 1. The molecule has 1 fully saturated rings. The van der Waals surface area contributed by atoms with E-state index in [1.165, 1.54) is 11.3 Å². The van der Waals surface area contributed by atoms with E-state index in [2.05, 4.69) is 17.3 Å². The average Bonchev–Trinajstić information content (AvgIpc) is 3.32. The quantitative estimate of drug-likeness (QED) is 0.190. The van der Waals surface area contributed by atoms with Crippen LogP contribution in [-0.4, -0.2) is 52.7 Å². The summed E-state index contributed by atoms with van der Waals surface area (Å²) in [6.07, 6.45) is 1.01. The summed E-state index contributed by atoms with van der Waals surface area (Å²) in [5.41, 5.74) is 12.3. The Labute approximate surface area is 250 Å². The molecule has 3 aromatic carbocycles. The second-order valence-electron chi connectivity index (χ2n) is 11.8. The number of carboxylic acid groups (broad SMARTS) is 1. The van der Waals surface area contributed by atoms with Crippen LogP contribution < -0.4 is 11.1 Å². The standard InChI is InChI=1S/C32H37ClN4O3S/c1-18-16-25-29(27(19-6-9-21(33)10-7-19)26(18)28(31(38)39)40-32(2,3)4)41-30(36-25)20-8-11-24(23(34)17-20)35-22-12-14-37(5)15-13-22/h6-11,16-17,22,28,35H,12-15,34H2,1-5H3,(H,38,39). The molecule has 1 aromatic heterocycles. The zero-order chi connectivity index (χ0) is 29.5. The number of thiazole rings is 1. The van der Waals surface area contributed by atoms with Crippen molar-refractivity contribution in [3.63, 3.8) is 0 Å². The second kappa shape index (κ2) is 11.6. The van der Waals surface area contributed by atoms with Crippen LogP contribution in [0.2, 0.25) is 5.02 Å². The molecule has 41 heavy (non-hydrogen) atoms. The van der Waals surface area contributed by atoms with Crippen molar-refractivity contribution >= 4 is 50.5 Å². The molecule has 0 saturated carbocycles. The first-order valence-electron chi connectivity index (χ1n) is 13.8. The molecule has 0 aliphatic carbocycles. The van der Waals surface area contributed by atoms with Crippen molar-refractivity contribution in [3.05, 3.63) is 64.7 Å². The fraction of sp³-hybridized carbons (Fsp3) is 0.375. The molecule has 216 valence electrons. The molecule has 1 aliphatic rings. The lowest BCUT2D eigenvalue weighted by molar-refractivity contribution is -0.160. The molecule has 4 N–H and O–H groups in total. The predicted octanol–water partition coefficient (Wildman–Crippen LogP) is 7.62. The number of ether oxygens (including phenoxy) is 1. The summed E-state index contributed by atoms with van der Waals surface area (Å²) in [5.74, 6) is -1.04. The zero-order valence-electron chi connectivity index (χ0n) is 24.1. The first kappa shape index (κ1) is 29.3. The monoisotopic (exact) mass is 592 g/mol. The van der Waals surface area contributed by atoms with Crippen LogP contribution in [0.25, 0.3) is 31.9 Å².